The summed E-state index contributed by atoms with van der Waals surface area (Å²) in [6.07, 6.45) is 12.8. The summed E-state index contributed by atoms with van der Waals surface area (Å²) in [6, 6.07) is 184. The SMILES string of the molecule is CCCCP(=S)(CCCC)c1cc[c-]c(-c2nccc3ccccc23)c1.S=P(c1cc[c-]c(-c2nccc3ccccc23)c1)(c1cccc(N(c2ccccc2)c2ccccc2)c1)c1cccc(N(c2ccccc2)c2ccccc2)c1.S=P(c1ccccc1)(c1ccccc1)c1cc[c-]c(-c2nccc3ccccc23)c1.[Ir].[Ir].[Ir].[Ir].[c-]1cc(-c2ccccc2)sc1-c1ccc2c(P(c3ccccc3)c3ccccc3)cccc2n1. The molecule has 0 unspecified atom stereocenters. The Kier molecular flexibility index (Phi) is 39.2. The van der Waals surface area contributed by atoms with Crippen molar-refractivity contribution in [2.45, 2.75) is 39.5 Å². The van der Waals surface area contributed by atoms with Gasteiger partial charge < -0.3 is 29.7 Å². The zero-order chi connectivity index (χ0) is 99.3. The van der Waals surface area contributed by atoms with Gasteiger partial charge in [-0.25, -0.2) is 11.3 Å². The van der Waals surface area contributed by atoms with Crippen molar-refractivity contribution in [2.24, 2.45) is 0 Å². The number of pyridine rings is 4. The summed E-state index contributed by atoms with van der Waals surface area (Å²) in [5.74, 6) is 0. The molecule has 0 amide bonds. The topological polar surface area (TPSA) is 58.0 Å². The molecule has 0 spiro atoms. The van der Waals surface area contributed by atoms with Gasteiger partial charge >= 0.3 is 0 Å². The second-order valence-electron chi connectivity index (χ2n) is 35.5. The van der Waals surface area contributed by atoms with E-state index < -0.39 is 26.0 Å². The number of unbranched alkanes of at least 4 members (excludes halogenated alkanes) is 2. The molecule has 23 aromatic rings. The first-order valence-electron chi connectivity index (χ1n) is 49.4. The second-order valence-corrected chi connectivity index (χ2v) is 52.9. The fourth-order valence-electron chi connectivity index (χ4n) is 18.9. The smallest absolute Gasteiger partial charge is 0.0566 e. The average molecular weight is 2800 g/mol. The van der Waals surface area contributed by atoms with Gasteiger partial charge in [-0.2, -0.15) is 12.1 Å². The monoisotopic (exact) mass is 2800 g/mol. The molecule has 23 rings (SSSR count). The Morgan fingerprint density at radius 2 is 0.620 bits per heavy atom. The first-order valence-corrected chi connectivity index (χ1v) is 60.3. The van der Waals surface area contributed by atoms with E-state index in [0.717, 1.165) is 121 Å². The fourth-order valence-corrected chi connectivity index (χ4v) is 33.9. The molecule has 0 N–H and O–H groups in total. The van der Waals surface area contributed by atoms with E-state index >= 15 is 0 Å². The molecule has 0 atom stereocenters. The van der Waals surface area contributed by atoms with E-state index in [1.807, 2.05) is 61.1 Å². The predicted molar refractivity (Wildman–Crippen MR) is 641 cm³/mol. The van der Waals surface area contributed by atoms with Crippen LogP contribution < -0.4 is 62.8 Å². The molecule has 5 aromatic heterocycles. The number of rotatable bonds is 27. The number of para-hydroxylation sites is 4. The van der Waals surface area contributed by atoms with Gasteiger partial charge in [-0.05, 0) is 228 Å². The van der Waals surface area contributed by atoms with Crippen molar-refractivity contribution >= 4 is 203 Å². The number of hydrogen-bond acceptors (Lipinski definition) is 10. The second kappa shape index (κ2) is 53.2. The van der Waals surface area contributed by atoms with E-state index in [0.29, 0.717) is 0 Å². The van der Waals surface area contributed by atoms with Crippen LogP contribution in [-0.4, -0.2) is 32.3 Å². The van der Waals surface area contributed by atoms with Crippen LogP contribution in [0.2, 0.25) is 0 Å². The molecule has 0 aliphatic heterocycles. The molecule has 18 heteroatoms. The van der Waals surface area contributed by atoms with Crippen LogP contribution in [0.5, 0.6) is 0 Å². The summed E-state index contributed by atoms with van der Waals surface area (Å²) in [5.41, 5.74) is 15.4. The van der Waals surface area contributed by atoms with Crippen molar-refractivity contribution in [3.8, 4) is 54.8 Å². The van der Waals surface area contributed by atoms with Gasteiger partial charge in [0.2, 0.25) is 0 Å². The van der Waals surface area contributed by atoms with Crippen LogP contribution in [0.1, 0.15) is 39.5 Å². The van der Waals surface area contributed by atoms with Crippen LogP contribution in [0.15, 0.2) is 522 Å². The van der Waals surface area contributed by atoms with Gasteiger partial charge in [0.25, 0.3) is 0 Å². The van der Waals surface area contributed by atoms with Gasteiger partial charge in [-0.1, -0.05) is 439 Å². The summed E-state index contributed by atoms with van der Waals surface area (Å²) in [4.78, 5) is 26.2. The van der Waals surface area contributed by atoms with E-state index in [1.54, 1.807) is 11.3 Å². The van der Waals surface area contributed by atoms with Crippen LogP contribution in [-0.2, 0) is 116 Å². The molecule has 0 saturated heterocycles. The normalized spacial score (nSPS) is 11.1. The molecule has 0 aliphatic carbocycles. The van der Waals surface area contributed by atoms with Gasteiger partial charge in [0.05, 0.1) is 5.52 Å². The Hall–Kier alpha value is -12.1. The number of nitrogens with zero attached hydrogens (tertiary/aromatic N) is 6. The van der Waals surface area contributed by atoms with Crippen LogP contribution in [0.3, 0.4) is 0 Å². The maximum Gasteiger partial charge on any atom is 0.0566 e. The largest absolute Gasteiger partial charge is 0.310 e. The molecule has 0 saturated carbocycles. The number of fused-ring (bicyclic) bond motifs is 4. The van der Waals surface area contributed by atoms with Crippen molar-refractivity contribution in [3.05, 3.63) is 546 Å². The van der Waals surface area contributed by atoms with Crippen molar-refractivity contribution in [2.75, 3.05) is 22.1 Å². The quantitative estimate of drug-likeness (QED) is 0.0370. The minimum Gasteiger partial charge on any atom is -0.310 e. The summed E-state index contributed by atoms with van der Waals surface area (Å²) < 4.78 is 0. The summed E-state index contributed by atoms with van der Waals surface area (Å²) in [6.45, 7) is 4.51. The van der Waals surface area contributed by atoms with Crippen LogP contribution in [0, 0.1) is 24.3 Å². The molecule has 0 bridgehead atoms. The minimum absolute atomic E-state index is 0. The Morgan fingerprint density at radius 1 is 0.293 bits per heavy atom. The zero-order valence-electron chi connectivity index (χ0n) is 82.3. The number of anilines is 6. The third kappa shape index (κ3) is 25.3. The molecule has 746 valence electrons. The van der Waals surface area contributed by atoms with Gasteiger partial charge in [0.1, 0.15) is 0 Å². The molecule has 0 fully saturated rings. The van der Waals surface area contributed by atoms with Crippen molar-refractivity contribution in [3.63, 3.8) is 0 Å². The molecule has 5 heterocycles. The Bertz CT molecular complexity index is 8240. The molecule has 4 radical (unpaired) electrons. The van der Waals surface area contributed by atoms with E-state index in [1.165, 1.54) is 102 Å². The molecule has 0 aliphatic rings. The molecule has 6 nitrogen and oxygen atoms in total. The number of hydrogen-bond donors (Lipinski definition) is 0. The van der Waals surface area contributed by atoms with Gasteiger partial charge in [0, 0.05) is 151 Å². The van der Waals surface area contributed by atoms with E-state index in [4.69, 9.17) is 50.4 Å². The minimum atomic E-state index is -2.75. The molecule has 18 aromatic carbocycles. The van der Waals surface area contributed by atoms with Gasteiger partial charge in [-0.15, -0.1) is 89.5 Å². The van der Waals surface area contributed by atoms with Crippen LogP contribution >= 0.6 is 37.4 Å². The van der Waals surface area contributed by atoms with Crippen molar-refractivity contribution in [1.82, 2.24) is 19.9 Å². The maximum atomic E-state index is 7.21. The van der Waals surface area contributed by atoms with Crippen molar-refractivity contribution in [1.29, 1.82) is 0 Å². The number of thiophene rings is 1. The third-order valence-electron chi connectivity index (χ3n) is 26.1. The molecule has 150 heavy (non-hydrogen) atoms. The molecular weight excluding hydrogens is 2690 g/mol. The van der Waals surface area contributed by atoms with Gasteiger partial charge in [-0.3, -0.25) is 0 Å². The van der Waals surface area contributed by atoms with E-state index in [2.05, 4.69) is 514 Å². The fraction of sp³-hybridized carbons (Fsp3) is 0.0606. The Morgan fingerprint density at radius 3 is 1.02 bits per heavy atom. The Labute approximate surface area is 956 Å². The number of benzene rings is 18. The molecular formula is C132H104Ir4N6P4S4-4. The van der Waals surface area contributed by atoms with E-state index in [-0.39, 0.29) is 80.4 Å². The zero-order valence-corrected chi connectivity index (χ0v) is 98.8. The van der Waals surface area contributed by atoms with E-state index in [9.17, 15) is 0 Å². The van der Waals surface area contributed by atoms with Crippen LogP contribution in [0.4, 0.5) is 34.1 Å². The number of aromatic nitrogens is 4. The summed E-state index contributed by atoms with van der Waals surface area (Å²) in [5, 5.41) is 20.3. The Balaban J connectivity index is 0.000000148. The summed E-state index contributed by atoms with van der Waals surface area (Å²) in [7, 11) is -0.681. The van der Waals surface area contributed by atoms with Crippen molar-refractivity contribution < 1.29 is 80.4 Å². The predicted octanol–water partition coefficient (Wildman–Crippen LogP) is 31.4. The standard InChI is InChI=1S/C51H37N3PS.C31H21NPS.C27H19NPS.C23H27NPS.4Ir/c56-55(47-30-15-19-40(36-47)51-50-33-14-13-18-39(50)34-35-52-51,48-31-16-28-45(37-48)53(41-20-5-1-6-21-41)42-22-7-2-8-23-42)49-32-17-29-46(38-49)54(43-24-9-3-10-25-43)44-26-11-4-12-27-44;1-4-11-23(12-5-1)30-21-22-31(34-30)28-20-19-26-27(32-28)17-10-18-29(26)33(24-13-6-2-7-14-24)25-15-8-3-9-16-25;30-29(23-12-3-1-4-13-23,24-14-5-2-6-15-24)25-16-9-11-22(20-25)27-26-17-8-7-10-21(26)18-19-28-27;1-3-5-16-25(26,17-6-4-2)21-12-9-11-20(18-21)23-22-13-8-7-10-19(22)14-15-24-23;;;;/h1-18,20-38H;1-21H;1-10,12-20H;7-10,12-15,18H,3-6,16-17H2,1-2H3;;;;/q4*-1;;;;. The summed E-state index contributed by atoms with van der Waals surface area (Å²) >= 11 is 21.7. The van der Waals surface area contributed by atoms with Gasteiger partial charge in [0.15, 0.2) is 0 Å². The third-order valence-corrected chi connectivity index (χ3v) is 44.6. The van der Waals surface area contributed by atoms with Crippen LogP contribution in [0.25, 0.3) is 98.0 Å². The maximum absolute atomic E-state index is 7.21. The average Bonchev–Trinajstić information content (AvgIpc) is 0.781. The first kappa shape index (κ1) is 111. The first-order chi connectivity index (χ1) is 72.0.